The normalized spacial score (nSPS) is 10.1. The number of hydrogen-bond acceptors (Lipinski definition) is 7. The van der Waals surface area contributed by atoms with Crippen LogP contribution >= 0.6 is 11.8 Å². The molecule has 0 aliphatic carbocycles. The summed E-state index contributed by atoms with van der Waals surface area (Å²) in [5, 5.41) is 22.5. The number of nitriles is 2. The summed E-state index contributed by atoms with van der Waals surface area (Å²) >= 11 is 1.10. The van der Waals surface area contributed by atoms with E-state index in [2.05, 4.69) is 22.4 Å². The molecular weight excluding hydrogens is 422 g/mol. The lowest BCUT2D eigenvalue weighted by Crippen LogP contribution is -2.14. The van der Waals surface area contributed by atoms with Gasteiger partial charge in [0.2, 0.25) is 5.91 Å². The third-order valence-corrected chi connectivity index (χ3v) is 5.52. The van der Waals surface area contributed by atoms with Crippen molar-refractivity contribution >= 4 is 29.2 Å². The predicted molar refractivity (Wildman–Crippen MR) is 125 cm³/mol. The molecule has 0 aliphatic rings. The van der Waals surface area contributed by atoms with Gasteiger partial charge in [0.25, 0.3) is 0 Å². The molecule has 0 saturated heterocycles. The first-order chi connectivity index (χ1) is 15.5. The second-order valence-corrected chi connectivity index (χ2v) is 7.78. The van der Waals surface area contributed by atoms with Crippen molar-refractivity contribution in [2.75, 3.05) is 23.4 Å². The Bertz CT molecular complexity index is 1210. The highest BCUT2D eigenvalue weighted by atomic mass is 32.2. The van der Waals surface area contributed by atoms with Gasteiger partial charge in [0.1, 0.15) is 34.3 Å². The lowest BCUT2D eigenvalue weighted by atomic mass is 9.96. The molecule has 0 unspecified atom stereocenters. The van der Waals surface area contributed by atoms with Crippen molar-refractivity contribution in [3.8, 4) is 29.0 Å². The minimum absolute atomic E-state index is 0.0214. The first-order valence-corrected chi connectivity index (χ1v) is 10.8. The Morgan fingerprint density at radius 3 is 2.34 bits per heavy atom. The second-order valence-electron chi connectivity index (χ2n) is 6.81. The van der Waals surface area contributed by atoms with Crippen molar-refractivity contribution in [1.29, 1.82) is 10.5 Å². The van der Waals surface area contributed by atoms with Crippen molar-refractivity contribution in [2.24, 2.45) is 0 Å². The summed E-state index contributed by atoms with van der Waals surface area (Å²) in [5.74, 6) is 0.508. The fraction of sp³-hybridized carbons (Fsp3) is 0.167. The predicted octanol–water partition coefficient (Wildman–Crippen LogP) is 4.51. The molecular formula is C24H21N5O2S. The summed E-state index contributed by atoms with van der Waals surface area (Å²) in [5.41, 5.74) is 9.19. The quantitative estimate of drug-likeness (QED) is 0.515. The van der Waals surface area contributed by atoms with Crippen LogP contribution in [0.25, 0.3) is 11.1 Å². The van der Waals surface area contributed by atoms with Crippen LogP contribution in [0, 0.1) is 29.6 Å². The number of thioether (sulfide) groups is 1. The number of nitrogen functional groups attached to an aromatic ring is 1. The molecule has 3 aromatic rings. The van der Waals surface area contributed by atoms with Gasteiger partial charge in [-0.15, -0.1) is 0 Å². The zero-order valence-corrected chi connectivity index (χ0v) is 18.5. The molecule has 0 bridgehead atoms. The monoisotopic (exact) mass is 443 g/mol. The number of hydrogen-bond donors (Lipinski definition) is 2. The number of aromatic nitrogens is 1. The standard InChI is InChI=1S/C24H21N5O2S/c1-3-31-18-10-8-17(9-11-18)28-21(30)14-32-24-20(13-26)22(19(12-25)23(27)29-24)16-6-4-15(2)5-7-16/h4-11H,3,14H2,1-2H3,(H2,27,29)(H,28,30). The molecule has 160 valence electrons. The van der Waals surface area contributed by atoms with Gasteiger partial charge in [0.05, 0.1) is 17.9 Å². The number of nitrogens with one attached hydrogen (secondary N) is 1. The third kappa shape index (κ3) is 5.18. The summed E-state index contributed by atoms with van der Waals surface area (Å²) in [6.07, 6.45) is 0. The van der Waals surface area contributed by atoms with E-state index in [4.69, 9.17) is 10.5 Å². The van der Waals surface area contributed by atoms with E-state index in [0.29, 0.717) is 28.4 Å². The number of ether oxygens (including phenoxy) is 1. The number of carbonyl (C=O) groups is 1. The van der Waals surface area contributed by atoms with Crippen LogP contribution in [0.3, 0.4) is 0 Å². The highest BCUT2D eigenvalue weighted by molar-refractivity contribution is 8.00. The average molecular weight is 444 g/mol. The van der Waals surface area contributed by atoms with E-state index in [-0.39, 0.29) is 28.6 Å². The summed E-state index contributed by atoms with van der Waals surface area (Å²) in [6, 6.07) is 18.7. The van der Waals surface area contributed by atoms with Crippen molar-refractivity contribution in [1.82, 2.24) is 4.98 Å². The van der Waals surface area contributed by atoms with Crippen molar-refractivity contribution in [2.45, 2.75) is 18.9 Å². The van der Waals surface area contributed by atoms with E-state index in [1.165, 1.54) is 0 Å². The fourth-order valence-corrected chi connectivity index (χ4v) is 3.84. The van der Waals surface area contributed by atoms with E-state index in [1.54, 1.807) is 24.3 Å². The minimum Gasteiger partial charge on any atom is -0.494 e. The van der Waals surface area contributed by atoms with Gasteiger partial charge in [-0.25, -0.2) is 4.98 Å². The van der Waals surface area contributed by atoms with Crippen molar-refractivity contribution in [3.05, 3.63) is 65.2 Å². The maximum atomic E-state index is 12.4. The van der Waals surface area contributed by atoms with E-state index >= 15 is 0 Å². The molecule has 1 heterocycles. The van der Waals surface area contributed by atoms with Gasteiger partial charge < -0.3 is 15.8 Å². The number of nitrogens with two attached hydrogens (primary N) is 1. The largest absolute Gasteiger partial charge is 0.494 e. The van der Waals surface area contributed by atoms with Crippen LogP contribution in [-0.2, 0) is 4.79 Å². The molecule has 0 fully saturated rings. The van der Waals surface area contributed by atoms with E-state index in [9.17, 15) is 15.3 Å². The Morgan fingerprint density at radius 2 is 1.75 bits per heavy atom. The Balaban J connectivity index is 1.83. The van der Waals surface area contributed by atoms with Crippen molar-refractivity contribution in [3.63, 3.8) is 0 Å². The van der Waals surface area contributed by atoms with Gasteiger partial charge in [0, 0.05) is 11.3 Å². The zero-order valence-electron chi connectivity index (χ0n) is 17.7. The van der Waals surface area contributed by atoms with Crippen LogP contribution in [0.15, 0.2) is 53.6 Å². The van der Waals surface area contributed by atoms with Crippen LogP contribution in [0.2, 0.25) is 0 Å². The zero-order chi connectivity index (χ0) is 23.1. The van der Waals surface area contributed by atoms with Crippen molar-refractivity contribution < 1.29 is 9.53 Å². The number of carbonyl (C=O) groups excluding carboxylic acids is 1. The first kappa shape index (κ1) is 22.7. The SMILES string of the molecule is CCOc1ccc(NC(=O)CSc2nc(N)c(C#N)c(-c3ccc(C)cc3)c2C#N)cc1. The van der Waals surface area contributed by atoms with Gasteiger partial charge in [-0.2, -0.15) is 10.5 Å². The van der Waals surface area contributed by atoms with E-state index < -0.39 is 0 Å². The van der Waals surface area contributed by atoms with Crippen LogP contribution < -0.4 is 15.8 Å². The maximum Gasteiger partial charge on any atom is 0.234 e. The summed E-state index contributed by atoms with van der Waals surface area (Å²) < 4.78 is 5.39. The van der Waals surface area contributed by atoms with Gasteiger partial charge >= 0.3 is 0 Å². The summed E-state index contributed by atoms with van der Waals surface area (Å²) in [7, 11) is 0. The van der Waals surface area contributed by atoms with Crippen LogP contribution in [0.4, 0.5) is 11.5 Å². The Labute approximate surface area is 190 Å². The number of amides is 1. The molecule has 8 heteroatoms. The highest BCUT2D eigenvalue weighted by Crippen LogP contribution is 2.35. The molecule has 0 spiro atoms. The first-order valence-electron chi connectivity index (χ1n) is 9.83. The molecule has 0 atom stereocenters. The van der Waals surface area contributed by atoms with Crippen LogP contribution in [0.5, 0.6) is 5.75 Å². The number of nitrogens with zero attached hydrogens (tertiary/aromatic N) is 3. The van der Waals surface area contributed by atoms with E-state index in [1.807, 2.05) is 38.1 Å². The molecule has 0 saturated carbocycles. The topological polar surface area (TPSA) is 125 Å². The molecule has 3 rings (SSSR count). The van der Waals surface area contributed by atoms with E-state index in [0.717, 1.165) is 23.1 Å². The summed E-state index contributed by atoms with van der Waals surface area (Å²) in [6.45, 7) is 4.41. The van der Waals surface area contributed by atoms with Gasteiger partial charge in [-0.05, 0) is 43.7 Å². The molecule has 1 aromatic heterocycles. The van der Waals surface area contributed by atoms with Gasteiger partial charge in [-0.3, -0.25) is 4.79 Å². The Hall–Kier alpha value is -4.01. The molecule has 7 nitrogen and oxygen atoms in total. The Morgan fingerprint density at radius 1 is 1.09 bits per heavy atom. The molecule has 0 radical (unpaired) electrons. The average Bonchev–Trinajstić information content (AvgIpc) is 2.79. The number of aryl methyl sites for hydroxylation is 1. The molecule has 0 aliphatic heterocycles. The number of anilines is 2. The molecule has 3 N–H and O–H groups in total. The van der Waals surface area contributed by atoms with Gasteiger partial charge in [-0.1, -0.05) is 41.6 Å². The van der Waals surface area contributed by atoms with Crippen LogP contribution in [-0.4, -0.2) is 23.3 Å². The minimum atomic E-state index is -0.260. The lowest BCUT2D eigenvalue weighted by Gasteiger charge is -2.13. The highest BCUT2D eigenvalue weighted by Gasteiger charge is 2.21. The Kier molecular flexibility index (Phi) is 7.33. The van der Waals surface area contributed by atoms with Gasteiger partial charge in [0.15, 0.2) is 0 Å². The lowest BCUT2D eigenvalue weighted by molar-refractivity contribution is -0.113. The molecule has 1 amide bonds. The number of pyridine rings is 1. The maximum absolute atomic E-state index is 12.4. The third-order valence-electron chi connectivity index (χ3n) is 4.54. The number of rotatable bonds is 7. The molecule has 32 heavy (non-hydrogen) atoms. The summed E-state index contributed by atoms with van der Waals surface area (Å²) in [4.78, 5) is 16.7. The van der Waals surface area contributed by atoms with Crippen LogP contribution in [0.1, 0.15) is 23.6 Å². The molecule has 2 aromatic carbocycles. The number of benzene rings is 2. The second kappa shape index (κ2) is 10.3. The smallest absolute Gasteiger partial charge is 0.234 e. The fourth-order valence-electron chi connectivity index (χ4n) is 3.04.